The van der Waals surface area contributed by atoms with E-state index < -0.39 is 23.5 Å². The molecule has 0 aromatic carbocycles. The molecule has 1 aliphatic carbocycles. The number of rotatable bonds is 3. The summed E-state index contributed by atoms with van der Waals surface area (Å²) >= 11 is 0. The predicted octanol–water partition coefficient (Wildman–Crippen LogP) is 3.23. The second-order valence-corrected chi connectivity index (χ2v) is 6.36. The van der Waals surface area contributed by atoms with Crippen LogP contribution in [0.4, 0.5) is 9.18 Å². The molecule has 1 N–H and O–H groups in total. The molecule has 0 radical (unpaired) electrons. The maximum atomic E-state index is 15.0. The van der Waals surface area contributed by atoms with Crippen LogP contribution in [-0.4, -0.2) is 40.1 Å². The molecular formula is C14H26FNO3. The molecule has 1 amide bonds. The van der Waals surface area contributed by atoms with E-state index in [2.05, 4.69) is 0 Å². The van der Waals surface area contributed by atoms with E-state index in [1.807, 2.05) is 0 Å². The summed E-state index contributed by atoms with van der Waals surface area (Å²) in [5, 5.41) is 9.28. The van der Waals surface area contributed by atoms with Crippen LogP contribution in [0.1, 0.15) is 59.8 Å². The quantitative estimate of drug-likeness (QED) is 0.804. The number of ether oxygens (including phenoxy) is 1. The highest BCUT2D eigenvalue weighted by molar-refractivity contribution is 5.69. The van der Waals surface area contributed by atoms with Crippen molar-refractivity contribution in [3.63, 3.8) is 0 Å². The normalized spacial score (nSPS) is 20.7. The summed E-state index contributed by atoms with van der Waals surface area (Å²) in [6.07, 6.45) is 2.45. The van der Waals surface area contributed by atoms with E-state index in [-0.39, 0.29) is 6.61 Å². The van der Waals surface area contributed by atoms with E-state index in [1.54, 1.807) is 27.7 Å². The first kappa shape index (κ1) is 16.2. The lowest BCUT2D eigenvalue weighted by molar-refractivity contribution is -0.0942. The minimum absolute atomic E-state index is 0.273. The number of alkyl halides is 1. The fourth-order valence-corrected chi connectivity index (χ4v) is 2.47. The molecule has 4 nitrogen and oxygen atoms in total. The number of carbonyl (C=O) groups is 1. The van der Waals surface area contributed by atoms with Gasteiger partial charge in [-0.25, -0.2) is 9.18 Å². The Balaban J connectivity index is 2.91. The molecule has 0 heterocycles. The van der Waals surface area contributed by atoms with Gasteiger partial charge in [-0.05, 0) is 40.5 Å². The van der Waals surface area contributed by atoms with Crippen molar-refractivity contribution in [1.29, 1.82) is 0 Å². The van der Waals surface area contributed by atoms with Gasteiger partial charge in [-0.3, -0.25) is 4.90 Å². The summed E-state index contributed by atoms with van der Waals surface area (Å²) in [6.45, 7) is 6.61. The molecule has 0 bridgehead atoms. The van der Waals surface area contributed by atoms with Crippen molar-refractivity contribution in [3.05, 3.63) is 0 Å². The van der Waals surface area contributed by atoms with E-state index >= 15 is 4.39 Å². The van der Waals surface area contributed by atoms with Crippen LogP contribution in [0.2, 0.25) is 0 Å². The van der Waals surface area contributed by atoms with Crippen LogP contribution in [0.15, 0.2) is 0 Å². The highest BCUT2D eigenvalue weighted by Crippen LogP contribution is 2.37. The number of amides is 1. The molecule has 0 aromatic rings. The third-order valence-electron chi connectivity index (χ3n) is 3.35. The predicted molar refractivity (Wildman–Crippen MR) is 71.5 cm³/mol. The third-order valence-corrected chi connectivity index (χ3v) is 3.35. The minimum atomic E-state index is -1.69. The maximum Gasteiger partial charge on any atom is 0.413 e. The van der Waals surface area contributed by atoms with Gasteiger partial charge in [0.25, 0.3) is 0 Å². The number of hydrogen-bond acceptors (Lipinski definition) is 3. The summed E-state index contributed by atoms with van der Waals surface area (Å²) in [6, 6.07) is -0.585. The van der Waals surface area contributed by atoms with Crippen molar-refractivity contribution in [2.75, 3.05) is 6.61 Å². The van der Waals surface area contributed by atoms with E-state index in [4.69, 9.17) is 4.74 Å². The van der Waals surface area contributed by atoms with Crippen LogP contribution in [-0.2, 0) is 4.74 Å². The summed E-state index contributed by atoms with van der Waals surface area (Å²) < 4.78 is 20.3. The van der Waals surface area contributed by atoms with Crippen LogP contribution in [0.5, 0.6) is 0 Å². The largest absolute Gasteiger partial charge is 0.444 e. The lowest BCUT2D eigenvalue weighted by Gasteiger charge is -2.43. The van der Waals surface area contributed by atoms with Crippen molar-refractivity contribution in [1.82, 2.24) is 4.90 Å². The maximum absolute atomic E-state index is 15.0. The van der Waals surface area contributed by atoms with Crippen LogP contribution in [0.3, 0.4) is 0 Å². The molecule has 1 atom stereocenters. The lowest BCUT2D eigenvalue weighted by Crippen LogP contribution is -2.56. The van der Waals surface area contributed by atoms with Gasteiger partial charge in [-0.2, -0.15) is 0 Å². The number of carbonyl (C=O) groups excluding carboxylic acids is 1. The minimum Gasteiger partial charge on any atom is -0.444 e. The molecule has 1 rings (SSSR count). The zero-order chi connectivity index (χ0) is 14.7. The van der Waals surface area contributed by atoms with Gasteiger partial charge in [0, 0.05) is 12.8 Å². The summed E-state index contributed by atoms with van der Waals surface area (Å²) in [7, 11) is 0. The van der Waals surface area contributed by atoms with E-state index in [9.17, 15) is 9.90 Å². The van der Waals surface area contributed by atoms with Gasteiger partial charge in [0.2, 0.25) is 0 Å². The van der Waals surface area contributed by atoms with Crippen molar-refractivity contribution in [2.24, 2.45) is 0 Å². The molecule has 0 aliphatic heterocycles. The highest BCUT2D eigenvalue weighted by atomic mass is 19.1. The lowest BCUT2D eigenvalue weighted by atomic mass is 9.91. The molecule has 19 heavy (non-hydrogen) atoms. The molecule has 112 valence electrons. The molecule has 0 spiro atoms. The van der Waals surface area contributed by atoms with Crippen molar-refractivity contribution >= 4 is 6.09 Å². The molecule has 0 aromatic heterocycles. The average Bonchev–Trinajstić information content (AvgIpc) is 2.27. The Morgan fingerprint density at radius 1 is 1.37 bits per heavy atom. The number of aliphatic hydroxyl groups excluding tert-OH is 1. The second kappa shape index (κ2) is 6.07. The monoisotopic (exact) mass is 275 g/mol. The Morgan fingerprint density at radius 3 is 2.32 bits per heavy atom. The molecule has 0 unspecified atom stereocenters. The fourth-order valence-electron chi connectivity index (χ4n) is 2.47. The molecule has 1 saturated carbocycles. The van der Waals surface area contributed by atoms with Crippen LogP contribution < -0.4 is 0 Å². The van der Waals surface area contributed by atoms with Crippen molar-refractivity contribution in [2.45, 2.75) is 77.2 Å². The SMILES string of the molecule is C[C@@H](CO)N(C(=O)OC(C)(C)C)C1(F)CCCCC1. The van der Waals surface area contributed by atoms with Gasteiger partial charge in [-0.1, -0.05) is 6.42 Å². The average molecular weight is 275 g/mol. The first-order valence-electron chi connectivity index (χ1n) is 7.02. The van der Waals surface area contributed by atoms with E-state index in [1.165, 1.54) is 0 Å². The van der Waals surface area contributed by atoms with E-state index in [0.717, 1.165) is 24.2 Å². The van der Waals surface area contributed by atoms with Crippen molar-refractivity contribution in [3.8, 4) is 0 Å². The summed E-state index contributed by atoms with van der Waals surface area (Å²) in [5.41, 5.74) is -0.671. The topological polar surface area (TPSA) is 49.8 Å². The van der Waals surface area contributed by atoms with Gasteiger partial charge in [0.15, 0.2) is 5.79 Å². The Bertz CT molecular complexity index is 308. The second-order valence-electron chi connectivity index (χ2n) is 6.36. The Labute approximate surface area is 114 Å². The molecular weight excluding hydrogens is 249 g/mol. The Morgan fingerprint density at radius 2 is 1.89 bits per heavy atom. The van der Waals surface area contributed by atoms with Crippen molar-refractivity contribution < 1.29 is 19.0 Å². The Kier molecular flexibility index (Phi) is 5.18. The van der Waals surface area contributed by atoms with Gasteiger partial charge >= 0.3 is 6.09 Å². The van der Waals surface area contributed by atoms with Gasteiger partial charge in [0.05, 0.1) is 12.6 Å². The molecule has 1 fully saturated rings. The zero-order valence-corrected chi connectivity index (χ0v) is 12.4. The standard InChI is InChI=1S/C14H26FNO3/c1-11(10-17)16(12(18)19-13(2,3)4)14(15)8-6-5-7-9-14/h11,17H,5-10H2,1-4H3/t11-/m0/s1. The van der Waals surface area contributed by atoms with Crippen LogP contribution in [0.25, 0.3) is 0 Å². The Hall–Kier alpha value is -0.840. The van der Waals surface area contributed by atoms with Gasteiger partial charge in [-0.15, -0.1) is 0 Å². The molecule has 1 aliphatic rings. The first-order chi connectivity index (χ1) is 8.69. The fraction of sp³-hybridized carbons (Fsp3) is 0.929. The van der Waals surface area contributed by atoms with Crippen LogP contribution in [0, 0.1) is 0 Å². The number of hydrogen-bond donors (Lipinski definition) is 1. The third kappa shape index (κ3) is 4.34. The van der Waals surface area contributed by atoms with E-state index in [0.29, 0.717) is 12.8 Å². The number of nitrogens with zero attached hydrogens (tertiary/aromatic N) is 1. The van der Waals surface area contributed by atoms with Crippen LogP contribution >= 0.6 is 0 Å². The summed E-state index contributed by atoms with van der Waals surface area (Å²) in [4.78, 5) is 13.3. The smallest absolute Gasteiger partial charge is 0.413 e. The van der Waals surface area contributed by atoms with Gasteiger partial charge in [0.1, 0.15) is 5.60 Å². The molecule has 0 saturated heterocycles. The first-order valence-corrected chi connectivity index (χ1v) is 7.02. The highest BCUT2D eigenvalue weighted by Gasteiger charge is 2.45. The van der Waals surface area contributed by atoms with Gasteiger partial charge < -0.3 is 9.84 Å². The summed E-state index contributed by atoms with van der Waals surface area (Å²) in [5.74, 6) is -1.69. The number of aliphatic hydroxyl groups is 1. The molecule has 5 heteroatoms. The number of halogens is 1. The zero-order valence-electron chi connectivity index (χ0n) is 12.4.